The first kappa shape index (κ1) is 20.8. The van der Waals surface area contributed by atoms with Gasteiger partial charge in [-0.2, -0.15) is 0 Å². The van der Waals surface area contributed by atoms with E-state index in [0.717, 1.165) is 0 Å². The van der Waals surface area contributed by atoms with E-state index in [1.165, 1.54) is 17.2 Å². The summed E-state index contributed by atoms with van der Waals surface area (Å²) in [7, 11) is 0. The number of nitrogens with zero attached hydrogens (tertiary/aromatic N) is 2. The number of piperazine rings is 1. The van der Waals surface area contributed by atoms with Crippen molar-refractivity contribution in [2.24, 2.45) is 5.92 Å². The molecule has 2 aromatic carbocycles. The molecule has 1 atom stereocenters. The Kier molecular flexibility index (Phi) is 5.59. The first-order valence-electron chi connectivity index (χ1n) is 10.3. The number of carbonyl (C=O) groups excluding carboxylic acids is 3. The van der Waals surface area contributed by atoms with Crippen molar-refractivity contribution in [1.29, 1.82) is 0 Å². The van der Waals surface area contributed by atoms with E-state index in [2.05, 4.69) is 4.98 Å². The number of Topliss-reactive ketones (excluding diaryl/α,β-unsaturated/α-hetero) is 1. The van der Waals surface area contributed by atoms with Gasteiger partial charge in [0.25, 0.3) is 17.6 Å². The smallest absolute Gasteiger partial charge is 0.295 e. The lowest BCUT2D eigenvalue weighted by atomic mass is 9.97. The number of hydrogen-bond donors (Lipinski definition) is 1. The van der Waals surface area contributed by atoms with Gasteiger partial charge < -0.3 is 14.8 Å². The molecule has 1 aliphatic heterocycles. The van der Waals surface area contributed by atoms with E-state index < -0.39 is 17.5 Å². The van der Waals surface area contributed by atoms with Crippen molar-refractivity contribution in [3.63, 3.8) is 0 Å². The van der Waals surface area contributed by atoms with Crippen LogP contribution in [0.2, 0.25) is 0 Å². The maximum Gasteiger partial charge on any atom is 0.295 e. The molecule has 0 saturated carbocycles. The molecule has 2 heterocycles. The Balaban J connectivity index is 1.55. The minimum atomic E-state index is -0.748. The van der Waals surface area contributed by atoms with Crippen LogP contribution in [0.1, 0.15) is 34.6 Å². The van der Waals surface area contributed by atoms with Gasteiger partial charge in [0.05, 0.1) is 11.6 Å². The van der Waals surface area contributed by atoms with Crippen molar-refractivity contribution in [1.82, 2.24) is 14.8 Å². The summed E-state index contributed by atoms with van der Waals surface area (Å²) in [5, 5.41) is 0.124. The van der Waals surface area contributed by atoms with Gasteiger partial charge in [-0.25, -0.2) is 4.39 Å². The maximum atomic E-state index is 14.3. The molecule has 0 radical (unpaired) electrons. The van der Waals surface area contributed by atoms with Crippen molar-refractivity contribution in [3.8, 4) is 0 Å². The summed E-state index contributed by atoms with van der Waals surface area (Å²) in [6, 6.07) is 13.3. The second-order valence-corrected chi connectivity index (χ2v) is 8.12. The molecular weight excluding hydrogens is 397 g/mol. The van der Waals surface area contributed by atoms with Gasteiger partial charge in [-0.05, 0) is 30.2 Å². The Morgan fingerprint density at radius 2 is 1.77 bits per heavy atom. The number of nitrogens with one attached hydrogen (secondary N) is 1. The summed E-state index contributed by atoms with van der Waals surface area (Å²) < 4.78 is 14.3. The Morgan fingerprint density at radius 3 is 2.48 bits per heavy atom. The SMILES string of the molecule is CC(C)[C@@H]1CN(C(=O)C(=O)c2c[nH]c3cccc(F)c23)CCN1C(=O)c1ccccc1. The molecule has 1 fully saturated rings. The van der Waals surface area contributed by atoms with E-state index in [9.17, 15) is 18.8 Å². The normalized spacial score (nSPS) is 16.7. The molecule has 3 aromatic rings. The highest BCUT2D eigenvalue weighted by molar-refractivity contribution is 6.44. The molecule has 1 aromatic heterocycles. The lowest BCUT2D eigenvalue weighted by Crippen LogP contribution is -2.59. The minimum Gasteiger partial charge on any atom is -0.360 e. The summed E-state index contributed by atoms with van der Waals surface area (Å²) in [6.45, 7) is 4.81. The second kappa shape index (κ2) is 8.34. The number of fused-ring (bicyclic) bond motifs is 1. The van der Waals surface area contributed by atoms with Crippen LogP contribution >= 0.6 is 0 Å². The van der Waals surface area contributed by atoms with Crippen molar-refractivity contribution in [2.45, 2.75) is 19.9 Å². The van der Waals surface area contributed by atoms with Crippen LogP contribution in [0.3, 0.4) is 0 Å². The summed E-state index contributed by atoms with van der Waals surface area (Å²) >= 11 is 0. The molecule has 160 valence electrons. The van der Waals surface area contributed by atoms with E-state index in [1.807, 2.05) is 32.0 Å². The van der Waals surface area contributed by atoms with Crippen LogP contribution < -0.4 is 0 Å². The predicted molar refractivity (Wildman–Crippen MR) is 115 cm³/mol. The minimum absolute atomic E-state index is 0.0296. The Labute approximate surface area is 179 Å². The second-order valence-electron chi connectivity index (χ2n) is 8.12. The van der Waals surface area contributed by atoms with Crippen LogP contribution in [0.15, 0.2) is 54.7 Å². The average Bonchev–Trinajstić information content (AvgIpc) is 3.23. The van der Waals surface area contributed by atoms with Gasteiger partial charge in [0, 0.05) is 42.3 Å². The molecule has 6 nitrogen and oxygen atoms in total. The number of carbonyl (C=O) groups is 3. The molecule has 31 heavy (non-hydrogen) atoms. The lowest BCUT2D eigenvalue weighted by molar-refractivity contribution is -0.129. The Morgan fingerprint density at radius 1 is 1.03 bits per heavy atom. The monoisotopic (exact) mass is 421 g/mol. The summed E-state index contributed by atoms with van der Waals surface area (Å²) in [6.07, 6.45) is 1.38. The van der Waals surface area contributed by atoms with Crippen LogP contribution in [0, 0.1) is 11.7 Å². The zero-order chi connectivity index (χ0) is 22.1. The van der Waals surface area contributed by atoms with Crippen molar-refractivity contribution in [2.75, 3.05) is 19.6 Å². The standard InChI is InChI=1S/C24H24FN3O3/c1-15(2)20-14-27(11-12-28(20)23(30)16-7-4-3-5-8-16)24(31)22(29)17-13-26-19-10-6-9-18(25)21(17)19/h3-10,13,15,20,26H,11-12,14H2,1-2H3/t20-/m0/s1. The van der Waals surface area contributed by atoms with E-state index in [0.29, 0.717) is 17.6 Å². The van der Waals surface area contributed by atoms with Gasteiger partial charge in [0.15, 0.2) is 0 Å². The fraction of sp³-hybridized carbons (Fsp3) is 0.292. The number of ketones is 1. The highest BCUT2D eigenvalue weighted by atomic mass is 19.1. The van der Waals surface area contributed by atoms with Crippen LogP contribution in [-0.4, -0.2) is 58.1 Å². The predicted octanol–water partition coefficient (Wildman–Crippen LogP) is 3.50. The topological polar surface area (TPSA) is 73.5 Å². The molecule has 1 N–H and O–H groups in total. The third-order valence-corrected chi connectivity index (χ3v) is 5.85. The van der Waals surface area contributed by atoms with Crippen LogP contribution in [0.25, 0.3) is 10.9 Å². The molecule has 1 saturated heterocycles. The number of rotatable bonds is 4. The number of aromatic nitrogens is 1. The molecule has 0 bridgehead atoms. The molecule has 0 aliphatic carbocycles. The van der Waals surface area contributed by atoms with Crippen molar-refractivity contribution in [3.05, 3.63) is 71.7 Å². The van der Waals surface area contributed by atoms with E-state index in [-0.39, 0.29) is 41.9 Å². The van der Waals surface area contributed by atoms with E-state index in [1.54, 1.807) is 29.2 Å². The zero-order valence-corrected chi connectivity index (χ0v) is 17.5. The Bertz CT molecular complexity index is 1140. The molecule has 7 heteroatoms. The highest BCUT2D eigenvalue weighted by Gasteiger charge is 2.37. The fourth-order valence-corrected chi connectivity index (χ4v) is 4.14. The summed E-state index contributed by atoms with van der Waals surface area (Å²) in [4.78, 5) is 45.0. The number of H-pyrrole nitrogens is 1. The molecule has 4 rings (SSSR count). The van der Waals surface area contributed by atoms with Crippen LogP contribution in [-0.2, 0) is 4.79 Å². The third kappa shape index (κ3) is 3.83. The van der Waals surface area contributed by atoms with Gasteiger partial charge in [0.1, 0.15) is 5.82 Å². The highest BCUT2D eigenvalue weighted by Crippen LogP contribution is 2.24. The Hall–Kier alpha value is -3.48. The van der Waals surface area contributed by atoms with Crippen molar-refractivity contribution >= 4 is 28.5 Å². The first-order chi connectivity index (χ1) is 14.9. The fourth-order valence-electron chi connectivity index (χ4n) is 4.14. The molecular formula is C24H24FN3O3. The summed E-state index contributed by atoms with van der Waals surface area (Å²) in [5.74, 6) is -1.98. The first-order valence-corrected chi connectivity index (χ1v) is 10.3. The quantitative estimate of drug-likeness (QED) is 0.518. The van der Waals surface area contributed by atoms with Crippen molar-refractivity contribution < 1.29 is 18.8 Å². The van der Waals surface area contributed by atoms with Crippen LogP contribution in [0.4, 0.5) is 4.39 Å². The van der Waals surface area contributed by atoms with Crippen LogP contribution in [0.5, 0.6) is 0 Å². The third-order valence-electron chi connectivity index (χ3n) is 5.85. The number of aromatic amines is 1. The number of hydrogen-bond acceptors (Lipinski definition) is 3. The number of benzene rings is 2. The number of halogens is 1. The van der Waals surface area contributed by atoms with E-state index >= 15 is 0 Å². The molecule has 2 amide bonds. The van der Waals surface area contributed by atoms with Gasteiger partial charge in [-0.15, -0.1) is 0 Å². The average molecular weight is 421 g/mol. The maximum absolute atomic E-state index is 14.3. The molecule has 1 aliphatic rings. The van der Waals surface area contributed by atoms with Gasteiger partial charge >= 0.3 is 0 Å². The van der Waals surface area contributed by atoms with Gasteiger partial charge in [-0.1, -0.05) is 38.1 Å². The van der Waals surface area contributed by atoms with E-state index in [4.69, 9.17) is 0 Å². The largest absolute Gasteiger partial charge is 0.360 e. The lowest BCUT2D eigenvalue weighted by Gasteiger charge is -2.43. The number of amides is 2. The zero-order valence-electron chi connectivity index (χ0n) is 17.5. The molecule has 0 unspecified atom stereocenters. The van der Waals surface area contributed by atoms with Gasteiger partial charge in [-0.3, -0.25) is 14.4 Å². The molecule has 0 spiro atoms. The van der Waals surface area contributed by atoms with Gasteiger partial charge in [0.2, 0.25) is 0 Å². The summed E-state index contributed by atoms with van der Waals surface area (Å²) in [5.41, 5.74) is 1.09.